The topological polar surface area (TPSA) is 45.5 Å². The zero-order chi connectivity index (χ0) is 14.8. The molecular formula is C16H26N2O2. The van der Waals surface area contributed by atoms with Gasteiger partial charge in [-0.25, -0.2) is 0 Å². The molecule has 1 aliphatic heterocycles. The largest absolute Gasteiger partial charge is 0.464 e. The minimum Gasteiger partial charge on any atom is -0.464 e. The molecule has 0 radical (unpaired) electrons. The number of piperidine rings is 1. The summed E-state index contributed by atoms with van der Waals surface area (Å²) in [6.07, 6.45) is 2.02. The molecule has 1 atom stereocenters. The molecule has 0 spiro atoms. The minimum atomic E-state index is -0.288. The van der Waals surface area contributed by atoms with E-state index in [9.17, 15) is 4.79 Å². The number of carbonyl (C=O) groups is 1. The lowest BCUT2D eigenvalue weighted by molar-refractivity contribution is -0.145. The van der Waals surface area contributed by atoms with Crippen LogP contribution in [0, 0.1) is 12.3 Å². The molecule has 2 rings (SSSR count). The van der Waals surface area contributed by atoms with Crippen molar-refractivity contribution in [2.45, 2.75) is 53.1 Å². The zero-order valence-corrected chi connectivity index (χ0v) is 13.0. The molecule has 1 amide bonds. The van der Waals surface area contributed by atoms with E-state index < -0.39 is 0 Å². The highest BCUT2D eigenvalue weighted by Crippen LogP contribution is 2.29. The van der Waals surface area contributed by atoms with E-state index in [1.54, 1.807) is 0 Å². The molecule has 20 heavy (non-hydrogen) atoms. The van der Waals surface area contributed by atoms with Gasteiger partial charge in [-0.1, -0.05) is 0 Å². The van der Waals surface area contributed by atoms with Crippen LogP contribution in [0.2, 0.25) is 0 Å². The van der Waals surface area contributed by atoms with Crippen molar-refractivity contribution >= 4 is 5.91 Å². The third kappa shape index (κ3) is 3.23. The second kappa shape index (κ2) is 6.00. The third-order valence-corrected chi connectivity index (χ3v) is 4.12. The predicted octanol–water partition coefficient (Wildman–Crippen LogP) is 2.71. The first-order valence-electron chi connectivity index (χ1n) is 7.49. The molecule has 112 valence electrons. The molecule has 1 aromatic rings. The Morgan fingerprint density at radius 1 is 1.50 bits per heavy atom. The molecule has 0 bridgehead atoms. The summed E-state index contributed by atoms with van der Waals surface area (Å²) in [5, 5.41) is 3.35. The lowest BCUT2D eigenvalue weighted by atomic mass is 9.81. The molecule has 1 aliphatic rings. The van der Waals surface area contributed by atoms with Gasteiger partial charge in [0.15, 0.2) is 0 Å². The van der Waals surface area contributed by atoms with Gasteiger partial charge >= 0.3 is 0 Å². The summed E-state index contributed by atoms with van der Waals surface area (Å²) in [5.41, 5.74) is -0.288. The van der Waals surface area contributed by atoms with Gasteiger partial charge in [-0.05, 0) is 59.2 Å². The maximum Gasteiger partial charge on any atom is 0.230 e. The lowest BCUT2D eigenvalue weighted by Crippen LogP contribution is -2.51. The van der Waals surface area contributed by atoms with Gasteiger partial charge in [0.05, 0.1) is 12.0 Å². The number of rotatable bonds is 4. The Morgan fingerprint density at radius 2 is 2.25 bits per heavy atom. The number of furan rings is 1. The number of carbonyl (C=O) groups excluding carboxylic acids is 1. The van der Waals surface area contributed by atoms with E-state index in [2.05, 4.69) is 26.1 Å². The van der Waals surface area contributed by atoms with Crippen molar-refractivity contribution in [2.75, 3.05) is 13.1 Å². The highest BCUT2D eigenvalue weighted by atomic mass is 16.3. The first-order valence-corrected chi connectivity index (χ1v) is 7.49. The van der Waals surface area contributed by atoms with Gasteiger partial charge in [-0.15, -0.1) is 0 Å². The highest BCUT2D eigenvalue weighted by Gasteiger charge is 2.38. The van der Waals surface area contributed by atoms with Gasteiger partial charge in [-0.2, -0.15) is 0 Å². The first-order chi connectivity index (χ1) is 9.42. The fraction of sp³-hybridized carbons (Fsp3) is 0.688. The lowest BCUT2D eigenvalue weighted by Gasteiger charge is -2.39. The number of amides is 1. The van der Waals surface area contributed by atoms with E-state index >= 15 is 0 Å². The van der Waals surface area contributed by atoms with Crippen molar-refractivity contribution in [1.82, 2.24) is 10.2 Å². The maximum atomic E-state index is 12.9. The van der Waals surface area contributed by atoms with Gasteiger partial charge in [0.1, 0.15) is 11.5 Å². The summed E-state index contributed by atoms with van der Waals surface area (Å²) in [6.45, 7) is 10.5. The molecule has 1 unspecified atom stereocenters. The Morgan fingerprint density at radius 3 is 2.75 bits per heavy atom. The second-order valence-corrected chi connectivity index (χ2v) is 6.38. The van der Waals surface area contributed by atoms with E-state index in [0.717, 1.165) is 37.5 Å². The Labute approximate surface area is 121 Å². The Kier molecular flexibility index (Phi) is 4.53. The van der Waals surface area contributed by atoms with Gasteiger partial charge < -0.3 is 14.6 Å². The number of nitrogens with one attached hydrogen (secondary N) is 1. The predicted molar refractivity (Wildman–Crippen MR) is 79.3 cm³/mol. The fourth-order valence-electron chi connectivity index (χ4n) is 2.81. The van der Waals surface area contributed by atoms with Gasteiger partial charge in [0, 0.05) is 12.6 Å². The summed E-state index contributed by atoms with van der Waals surface area (Å²) in [5.74, 6) is 1.98. The Balaban J connectivity index is 2.13. The summed E-state index contributed by atoms with van der Waals surface area (Å²) in [6, 6.07) is 4.08. The van der Waals surface area contributed by atoms with Crippen molar-refractivity contribution < 1.29 is 9.21 Å². The summed E-state index contributed by atoms with van der Waals surface area (Å²) < 4.78 is 5.63. The monoisotopic (exact) mass is 278 g/mol. The van der Waals surface area contributed by atoms with Gasteiger partial charge in [-0.3, -0.25) is 4.79 Å². The van der Waals surface area contributed by atoms with Crippen LogP contribution in [0.3, 0.4) is 0 Å². The van der Waals surface area contributed by atoms with Gasteiger partial charge in [0.2, 0.25) is 5.91 Å². The SMILES string of the molecule is Cc1ccc(CN(C(=O)C2(C)CCCNC2)C(C)C)o1. The number of nitrogens with zero attached hydrogens (tertiary/aromatic N) is 1. The fourth-order valence-corrected chi connectivity index (χ4v) is 2.81. The third-order valence-electron chi connectivity index (χ3n) is 4.12. The average Bonchev–Trinajstić information content (AvgIpc) is 2.81. The molecule has 0 aromatic carbocycles. The molecule has 1 aromatic heterocycles. The smallest absolute Gasteiger partial charge is 0.230 e. The molecule has 4 heteroatoms. The van der Waals surface area contributed by atoms with Crippen LogP contribution in [0.4, 0.5) is 0 Å². The van der Waals surface area contributed by atoms with Crippen LogP contribution < -0.4 is 5.32 Å². The van der Waals surface area contributed by atoms with Crippen LogP contribution in [0.25, 0.3) is 0 Å². The molecule has 1 N–H and O–H groups in total. The Hall–Kier alpha value is -1.29. The summed E-state index contributed by atoms with van der Waals surface area (Å²) in [4.78, 5) is 14.9. The van der Waals surface area contributed by atoms with Crippen molar-refractivity contribution in [3.8, 4) is 0 Å². The number of aryl methyl sites for hydroxylation is 1. The van der Waals surface area contributed by atoms with Crippen LogP contribution in [0.1, 0.15) is 45.1 Å². The minimum absolute atomic E-state index is 0.173. The normalized spacial score (nSPS) is 23.1. The highest BCUT2D eigenvalue weighted by molar-refractivity contribution is 5.83. The van der Waals surface area contributed by atoms with Crippen LogP contribution in [-0.4, -0.2) is 29.9 Å². The average molecular weight is 278 g/mol. The standard InChI is InChI=1S/C16H26N2O2/c1-12(2)18(10-14-7-6-13(3)20-14)15(19)16(4)8-5-9-17-11-16/h6-7,12,17H,5,8-11H2,1-4H3. The molecule has 0 saturated carbocycles. The van der Waals surface area contributed by atoms with E-state index in [-0.39, 0.29) is 17.4 Å². The molecule has 1 fully saturated rings. The molecule has 0 aliphatic carbocycles. The van der Waals surface area contributed by atoms with Crippen LogP contribution in [0.15, 0.2) is 16.5 Å². The zero-order valence-electron chi connectivity index (χ0n) is 13.0. The molecule has 1 saturated heterocycles. The van der Waals surface area contributed by atoms with Crippen molar-refractivity contribution in [3.05, 3.63) is 23.7 Å². The second-order valence-electron chi connectivity index (χ2n) is 6.38. The van der Waals surface area contributed by atoms with E-state index in [4.69, 9.17) is 4.42 Å². The number of hydrogen-bond acceptors (Lipinski definition) is 3. The van der Waals surface area contributed by atoms with E-state index in [1.165, 1.54) is 0 Å². The molecule has 2 heterocycles. The van der Waals surface area contributed by atoms with Crippen LogP contribution in [0.5, 0.6) is 0 Å². The Bertz CT molecular complexity index is 459. The van der Waals surface area contributed by atoms with Crippen molar-refractivity contribution in [2.24, 2.45) is 5.41 Å². The van der Waals surface area contributed by atoms with Gasteiger partial charge in [0.25, 0.3) is 0 Å². The maximum absolute atomic E-state index is 12.9. The summed E-state index contributed by atoms with van der Waals surface area (Å²) >= 11 is 0. The van der Waals surface area contributed by atoms with Crippen LogP contribution in [-0.2, 0) is 11.3 Å². The molecule has 4 nitrogen and oxygen atoms in total. The quantitative estimate of drug-likeness (QED) is 0.921. The first kappa shape index (κ1) is 15.1. The van der Waals surface area contributed by atoms with E-state index in [0.29, 0.717) is 6.54 Å². The van der Waals surface area contributed by atoms with E-state index in [1.807, 2.05) is 24.0 Å². The van der Waals surface area contributed by atoms with Crippen molar-refractivity contribution in [1.29, 1.82) is 0 Å². The summed E-state index contributed by atoms with van der Waals surface area (Å²) in [7, 11) is 0. The van der Waals surface area contributed by atoms with Crippen LogP contribution >= 0.6 is 0 Å². The number of hydrogen-bond donors (Lipinski definition) is 1. The molecular weight excluding hydrogens is 252 g/mol. The van der Waals surface area contributed by atoms with Crippen molar-refractivity contribution in [3.63, 3.8) is 0 Å².